The SMILES string of the molecule is O=C(O)CC(NC(=O)[C@@H]1CCCNC(=O)c2nccnc2C(=O)N1)C(=O)CF. The van der Waals surface area contributed by atoms with Crippen LogP contribution in [-0.4, -0.2) is 69.9 Å². The van der Waals surface area contributed by atoms with Crippen LogP contribution < -0.4 is 16.0 Å². The third-order valence-corrected chi connectivity index (χ3v) is 3.92. The van der Waals surface area contributed by atoms with Gasteiger partial charge in [-0.1, -0.05) is 0 Å². The van der Waals surface area contributed by atoms with E-state index < -0.39 is 54.7 Å². The number of carbonyl (C=O) groups is 5. The van der Waals surface area contributed by atoms with Crippen molar-refractivity contribution in [3.8, 4) is 0 Å². The zero-order valence-electron chi connectivity index (χ0n) is 14.6. The molecule has 0 saturated carbocycles. The van der Waals surface area contributed by atoms with Gasteiger partial charge >= 0.3 is 5.97 Å². The second-order valence-electron chi connectivity index (χ2n) is 5.94. The molecule has 0 aliphatic carbocycles. The van der Waals surface area contributed by atoms with Crippen LogP contribution in [-0.2, 0) is 14.4 Å². The summed E-state index contributed by atoms with van der Waals surface area (Å²) in [5.74, 6) is -4.76. The van der Waals surface area contributed by atoms with E-state index in [-0.39, 0.29) is 24.4 Å². The van der Waals surface area contributed by atoms with Crippen molar-refractivity contribution in [1.29, 1.82) is 0 Å². The summed E-state index contributed by atoms with van der Waals surface area (Å²) in [6.45, 7) is -1.26. The van der Waals surface area contributed by atoms with Crippen LogP contribution in [0.15, 0.2) is 12.4 Å². The van der Waals surface area contributed by atoms with Crippen LogP contribution in [0.2, 0.25) is 0 Å². The fraction of sp³-hybridized carbons (Fsp3) is 0.438. The van der Waals surface area contributed by atoms with E-state index in [1.54, 1.807) is 0 Å². The standard InChI is InChI=1S/C16H18FN5O6/c17-7-10(23)9(6-11(24)25)22-14(26)8-2-1-3-20-15(27)12-13(16(28)21-8)19-5-4-18-12/h4-5,8-9H,1-3,6-7H2,(H,20,27)(H,21,28)(H,22,26)(H,24,25)/t8-,9?/m0/s1. The first-order chi connectivity index (χ1) is 13.3. The summed E-state index contributed by atoms with van der Waals surface area (Å²) in [5, 5.41) is 15.9. The normalized spacial score (nSPS) is 18.1. The molecule has 12 heteroatoms. The van der Waals surface area contributed by atoms with E-state index >= 15 is 0 Å². The zero-order chi connectivity index (χ0) is 20.7. The number of Topliss-reactive ketones (excluding diaryl/α,β-unsaturated/α-hetero) is 1. The number of carbonyl (C=O) groups excluding carboxylic acids is 4. The summed E-state index contributed by atoms with van der Waals surface area (Å²) >= 11 is 0. The molecular weight excluding hydrogens is 377 g/mol. The van der Waals surface area contributed by atoms with Gasteiger partial charge in [0.1, 0.15) is 18.8 Å². The molecule has 2 heterocycles. The van der Waals surface area contributed by atoms with Gasteiger partial charge in [-0.2, -0.15) is 0 Å². The average Bonchev–Trinajstić information content (AvgIpc) is 2.67. The lowest BCUT2D eigenvalue weighted by Crippen LogP contribution is -2.53. The van der Waals surface area contributed by atoms with E-state index in [0.29, 0.717) is 6.42 Å². The number of amides is 3. The van der Waals surface area contributed by atoms with E-state index in [1.165, 1.54) is 12.4 Å². The summed E-state index contributed by atoms with van der Waals surface area (Å²) in [4.78, 5) is 67.0. The Bertz CT molecular complexity index is 801. The lowest BCUT2D eigenvalue weighted by molar-refractivity contribution is -0.140. The quantitative estimate of drug-likeness (QED) is 0.456. The van der Waals surface area contributed by atoms with Crippen molar-refractivity contribution in [1.82, 2.24) is 25.9 Å². The number of nitrogens with zero attached hydrogens (tertiary/aromatic N) is 2. The summed E-state index contributed by atoms with van der Waals surface area (Å²) in [7, 11) is 0. The van der Waals surface area contributed by atoms with Gasteiger partial charge in [0.2, 0.25) is 5.91 Å². The zero-order valence-corrected chi connectivity index (χ0v) is 14.6. The molecule has 1 unspecified atom stereocenters. The second kappa shape index (κ2) is 9.48. The molecule has 0 aromatic carbocycles. The van der Waals surface area contributed by atoms with Crippen LogP contribution in [0, 0.1) is 0 Å². The highest BCUT2D eigenvalue weighted by Gasteiger charge is 2.30. The number of hydrogen-bond acceptors (Lipinski definition) is 7. The van der Waals surface area contributed by atoms with E-state index in [1.807, 2.05) is 0 Å². The molecule has 0 saturated heterocycles. The molecule has 1 aromatic rings. The maximum atomic E-state index is 12.6. The maximum Gasteiger partial charge on any atom is 0.305 e. The molecule has 1 aliphatic rings. The Morgan fingerprint density at radius 2 is 1.86 bits per heavy atom. The topological polar surface area (TPSA) is 167 Å². The minimum atomic E-state index is -1.56. The molecule has 2 rings (SSSR count). The van der Waals surface area contributed by atoms with Gasteiger partial charge < -0.3 is 21.1 Å². The van der Waals surface area contributed by atoms with Gasteiger partial charge in [0.15, 0.2) is 17.2 Å². The number of halogens is 1. The molecular formula is C16H18FN5O6. The van der Waals surface area contributed by atoms with Crippen LogP contribution in [0.4, 0.5) is 4.39 Å². The van der Waals surface area contributed by atoms with Crippen LogP contribution in [0.25, 0.3) is 0 Å². The Labute approximate surface area is 158 Å². The van der Waals surface area contributed by atoms with Gasteiger partial charge in [-0.05, 0) is 12.8 Å². The van der Waals surface area contributed by atoms with E-state index in [4.69, 9.17) is 5.11 Å². The van der Waals surface area contributed by atoms with Gasteiger partial charge in [-0.3, -0.25) is 24.0 Å². The minimum absolute atomic E-state index is 0.0804. The maximum absolute atomic E-state index is 12.6. The highest BCUT2D eigenvalue weighted by atomic mass is 19.1. The van der Waals surface area contributed by atoms with Crippen LogP contribution >= 0.6 is 0 Å². The van der Waals surface area contributed by atoms with E-state index in [0.717, 1.165) is 0 Å². The summed E-state index contributed by atoms with van der Waals surface area (Å²) in [6.07, 6.45) is 2.02. The molecule has 1 aliphatic heterocycles. The summed E-state index contributed by atoms with van der Waals surface area (Å²) in [5.41, 5.74) is -0.501. The van der Waals surface area contributed by atoms with Gasteiger partial charge in [0.25, 0.3) is 11.8 Å². The molecule has 150 valence electrons. The van der Waals surface area contributed by atoms with E-state index in [9.17, 15) is 28.4 Å². The highest BCUT2D eigenvalue weighted by molar-refractivity contribution is 6.06. The Hall–Kier alpha value is -3.44. The predicted octanol–water partition coefficient (Wildman–Crippen LogP) is -1.40. The molecule has 2 atom stereocenters. The number of aliphatic carboxylic acids is 1. The first-order valence-corrected chi connectivity index (χ1v) is 8.34. The highest BCUT2D eigenvalue weighted by Crippen LogP contribution is 2.08. The van der Waals surface area contributed by atoms with Crippen molar-refractivity contribution in [2.45, 2.75) is 31.3 Å². The lowest BCUT2D eigenvalue weighted by atomic mass is 10.1. The fourth-order valence-electron chi connectivity index (χ4n) is 2.54. The molecule has 0 radical (unpaired) electrons. The molecule has 0 fully saturated rings. The van der Waals surface area contributed by atoms with Gasteiger partial charge in [0.05, 0.1) is 6.42 Å². The number of hydrogen-bond donors (Lipinski definition) is 4. The molecule has 11 nitrogen and oxygen atoms in total. The van der Waals surface area contributed by atoms with Crippen molar-refractivity contribution < 1.29 is 33.5 Å². The number of ketones is 1. The number of carboxylic acids is 1. The van der Waals surface area contributed by atoms with Crippen molar-refractivity contribution in [3.05, 3.63) is 23.8 Å². The Morgan fingerprint density at radius 3 is 2.46 bits per heavy atom. The molecule has 3 amide bonds. The van der Waals surface area contributed by atoms with Gasteiger partial charge in [0, 0.05) is 18.9 Å². The van der Waals surface area contributed by atoms with Crippen molar-refractivity contribution in [3.63, 3.8) is 0 Å². The van der Waals surface area contributed by atoms with Crippen LogP contribution in [0.1, 0.15) is 40.2 Å². The molecule has 0 bridgehead atoms. The first kappa shape index (κ1) is 20.9. The third kappa shape index (κ3) is 5.28. The fourth-order valence-corrected chi connectivity index (χ4v) is 2.54. The minimum Gasteiger partial charge on any atom is -0.481 e. The van der Waals surface area contributed by atoms with Crippen LogP contribution in [0.5, 0.6) is 0 Å². The Balaban J connectivity index is 2.20. The predicted molar refractivity (Wildman–Crippen MR) is 90.0 cm³/mol. The largest absolute Gasteiger partial charge is 0.481 e. The summed E-state index contributed by atoms with van der Waals surface area (Å²) < 4.78 is 12.6. The van der Waals surface area contributed by atoms with Crippen molar-refractivity contribution in [2.24, 2.45) is 0 Å². The number of rotatable bonds is 6. The summed E-state index contributed by atoms with van der Waals surface area (Å²) in [6, 6.07) is -2.71. The Morgan fingerprint density at radius 1 is 1.21 bits per heavy atom. The van der Waals surface area contributed by atoms with Gasteiger partial charge in [-0.25, -0.2) is 14.4 Å². The lowest BCUT2D eigenvalue weighted by Gasteiger charge is -2.22. The Kier molecular flexibility index (Phi) is 7.07. The number of nitrogens with one attached hydrogen (secondary N) is 3. The molecule has 28 heavy (non-hydrogen) atoms. The average molecular weight is 395 g/mol. The third-order valence-electron chi connectivity index (χ3n) is 3.92. The first-order valence-electron chi connectivity index (χ1n) is 8.34. The monoisotopic (exact) mass is 395 g/mol. The number of alkyl halides is 1. The van der Waals surface area contributed by atoms with Crippen molar-refractivity contribution >= 4 is 29.5 Å². The number of fused-ring (bicyclic) bond motifs is 1. The number of aromatic nitrogens is 2. The molecule has 4 N–H and O–H groups in total. The number of carboxylic acid groups (broad SMARTS) is 1. The van der Waals surface area contributed by atoms with Gasteiger partial charge in [-0.15, -0.1) is 0 Å². The molecule has 1 aromatic heterocycles. The molecule has 0 spiro atoms. The van der Waals surface area contributed by atoms with Crippen molar-refractivity contribution in [2.75, 3.05) is 13.2 Å². The smallest absolute Gasteiger partial charge is 0.305 e. The van der Waals surface area contributed by atoms with E-state index in [2.05, 4.69) is 25.9 Å². The van der Waals surface area contributed by atoms with Crippen LogP contribution in [0.3, 0.4) is 0 Å². The second-order valence-corrected chi connectivity index (χ2v) is 5.94.